The summed E-state index contributed by atoms with van der Waals surface area (Å²) < 4.78 is 31.7. The van der Waals surface area contributed by atoms with E-state index in [0.29, 0.717) is 11.8 Å². The van der Waals surface area contributed by atoms with Gasteiger partial charge < -0.3 is 10.5 Å². The number of carbonyl (C=O) groups is 1. The molecule has 110 valence electrons. The molecule has 0 bridgehead atoms. The van der Waals surface area contributed by atoms with Gasteiger partial charge in [-0.1, -0.05) is 0 Å². The van der Waals surface area contributed by atoms with Gasteiger partial charge >= 0.3 is 0 Å². The Bertz CT molecular complexity index is 697. The van der Waals surface area contributed by atoms with Gasteiger partial charge in [-0.15, -0.1) is 0 Å². The Morgan fingerprint density at radius 3 is 2.71 bits per heavy atom. The third-order valence-electron chi connectivity index (χ3n) is 2.68. The van der Waals surface area contributed by atoms with Gasteiger partial charge in [0.1, 0.15) is 10.4 Å². The molecular weight excluding hydrogens is 348 g/mol. The zero-order valence-electron chi connectivity index (χ0n) is 10.8. The third kappa shape index (κ3) is 3.52. The van der Waals surface area contributed by atoms with Crippen LogP contribution in [0.25, 0.3) is 0 Å². The standard InChI is InChI=1S/C13H10BrF2N3O2/c1-6(13(17)20)11-12(14)19-10(5-18-11)21-9-3-2-7(15)4-8(9)16/h2-6H,1H3,(H2,17,20)/t6-/m0/s1. The Morgan fingerprint density at radius 1 is 1.43 bits per heavy atom. The molecule has 0 unspecified atom stereocenters. The van der Waals surface area contributed by atoms with E-state index in [4.69, 9.17) is 10.5 Å². The number of ether oxygens (including phenoxy) is 1. The van der Waals surface area contributed by atoms with Crippen LogP contribution in [-0.2, 0) is 4.79 Å². The van der Waals surface area contributed by atoms with Crippen LogP contribution in [0.1, 0.15) is 18.5 Å². The first kappa shape index (κ1) is 15.3. The number of hydrogen-bond acceptors (Lipinski definition) is 4. The van der Waals surface area contributed by atoms with Gasteiger partial charge in [0, 0.05) is 6.07 Å². The number of amides is 1. The number of halogens is 3. The topological polar surface area (TPSA) is 78.1 Å². The van der Waals surface area contributed by atoms with Gasteiger partial charge in [-0.2, -0.15) is 0 Å². The summed E-state index contributed by atoms with van der Waals surface area (Å²) in [5.41, 5.74) is 5.53. The van der Waals surface area contributed by atoms with Gasteiger partial charge in [0.05, 0.1) is 17.8 Å². The first-order chi connectivity index (χ1) is 9.88. The highest BCUT2D eigenvalue weighted by Crippen LogP contribution is 2.27. The molecule has 2 N–H and O–H groups in total. The summed E-state index contributed by atoms with van der Waals surface area (Å²) in [5, 5.41) is 0. The highest BCUT2D eigenvalue weighted by atomic mass is 79.9. The number of benzene rings is 1. The molecule has 0 aliphatic rings. The Morgan fingerprint density at radius 2 is 2.14 bits per heavy atom. The Labute approximate surface area is 127 Å². The van der Waals surface area contributed by atoms with Crippen molar-refractivity contribution in [2.75, 3.05) is 0 Å². The largest absolute Gasteiger partial charge is 0.434 e. The van der Waals surface area contributed by atoms with Crippen LogP contribution in [0.5, 0.6) is 11.6 Å². The van der Waals surface area contributed by atoms with Crippen molar-refractivity contribution < 1.29 is 18.3 Å². The Hall–Kier alpha value is -2.09. The normalized spacial score (nSPS) is 12.0. The summed E-state index contributed by atoms with van der Waals surface area (Å²) in [4.78, 5) is 19.1. The van der Waals surface area contributed by atoms with Gasteiger partial charge in [0.25, 0.3) is 0 Å². The van der Waals surface area contributed by atoms with Gasteiger partial charge in [0.15, 0.2) is 11.6 Å². The van der Waals surface area contributed by atoms with Gasteiger partial charge in [0.2, 0.25) is 11.8 Å². The van der Waals surface area contributed by atoms with Crippen molar-refractivity contribution in [1.82, 2.24) is 9.97 Å². The molecule has 0 saturated heterocycles. The van der Waals surface area contributed by atoms with Crippen LogP contribution in [0.3, 0.4) is 0 Å². The summed E-state index contributed by atoms with van der Waals surface area (Å²) in [7, 11) is 0. The van der Waals surface area contributed by atoms with Crippen LogP contribution < -0.4 is 10.5 Å². The molecule has 1 heterocycles. The minimum Gasteiger partial charge on any atom is -0.434 e. The fourth-order valence-corrected chi connectivity index (χ4v) is 2.13. The molecule has 1 atom stereocenters. The zero-order chi connectivity index (χ0) is 15.6. The monoisotopic (exact) mass is 357 g/mol. The first-order valence-electron chi connectivity index (χ1n) is 5.83. The quantitative estimate of drug-likeness (QED) is 0.912. The van der Waals surface area contributed by atoms with E-state index in [1.165, 1.54) is 6.20 Å². The fraction of sp³-hybridized carbons (Fsp3) is 0.154. The summed E-state index contributed by atoms with van der Waals surface area (Å²) in [6.45, 7) is 1.58. The number of nitrogens with two attached hydrogens (primary N) is 1. The van der Waals surface area contributed by atoms with Gasteiger partial charge in [-0.25, -0.2) is 13.8 Å². The second-order valence-corrected chi connectivity index (χ2v) is 4.94. The predicted molar refractivity (Wildman–Crippen MR) is 73.8 cm³/mol. The zero-order valence-corrected chi connectivity index (χ0v) is 12.4. The molecule has 2 rings (SSSR count). The van der Waals surface area contributed by atoms with Crippen LogP contribution in [0.2, 0.25) is 0 Å². The summed E-state index contributed by atoms with van der Waals surface area (Å²) in [6, 6.07) is 2.89. The molecule has 2 aromatic rings. The van der Waals surface area contributed by atoms with E-state index in [0.717, 1.165) is 12.1 Å². The van der Waals surface area contributed by atoms with Crippen LogP contribution in [0.4, 0.5) is 8.78 Å². The first-order valence-corrected chi connectivity index (χ1v) is 6.62. The molecule has 1 aromatic heterocycles. The van der Waals surface area contributed by atoms with Crippen molar-refractivity contribution in [3.63, 3.8) is 0 Å². The van der Waals surface area contributed by atoms with Crippen molar-refractivity contribution in [2.24, 2.45) is 5.73 Å². The molecule has 8 heteroatoms. The van der Waals surface area contributed by atoms with Crippen LogP contribution in [0, 0.1) is 11.6 Å². The lowest BCUT2D eigenvalue weighted by Crippen LogP contribution is -2.20. The van der Waals surface area contributed by atoms with Crippen LogP contribution in [0.15, 0.2) is 29.0 Å². The lowest BCUT2D eigenvalue weighted by atomic mass is 10.1. The second kappa shape index (κ2) is 6.13. The fourth-order valence-electron chi connectivity index (χ4n) is 1.51. The maximum absolute atomic E-state index is 13.5. The van der Waals surface area contributed by atoms with E-state index in [2.05, 4.69) is 25.9 Å². The van der Waals surface area contributed by atoms with Crippen LogP contribution in [-0.4, -0.2) is 15.9 Å². The molecule has 0 fully saturated rings. The maximum atomic E-state index is 13.5. The molecule has 5 nitrogen and oxygen atoms in total. The number of nitrogens with zero attached hydrogens (tertiary/aromatic N) is 2. The minimum absolute atomic E-state index is 0.00666. The number of rotatable bonds is 4. The Kier molecular flexibility index (Phi) is 4.46. The average Bonchev–Trinajstić information content (AvgIpc) is 2.41. The third-order valence-corrected chi connectivity index (χ3v) is 3.26. The highest BCUT2D eigenvalue weighted by molar-refractivity contribution is 9.10. The smallest absolute Gasteiger partial charge is 0.239 e. The van der Waals surface area contributed by atoms with E-state index in [-0.39, 0.29) is 16.2 Å². The van der Waals surface area contributed by atoms with E-state index in [9.17, 15) is 13.6 Å². The SMILES string of the molecule is C[C@H](C(N)=O)c1ncc(Oc2ccc(F)cc2F)nc1Br. The lowest BCUT2D eigenvalue weighted by Gasteiger charge is -2.10. The van der Waals surface area contributed by atoms with Crippen LogP contribution >= 0.6 is 15.9 Å². The van der Waals surface area contributed by atoms with E-state index in [1.807, 2.05) is 0 Å². The number of primary amides is 1. The highest BCUT2D eigenvalue weighted by Gasteiger charge is 2.18. The van der Waals surface area contributed by atoms with Crippen molar-refractivity contribution in [2.45, 2.75) is 12.8 Å². The minimum atomic E-state index is -0.859. The molecule has 0 radical (unpaired) electrons. The second-order valence-electron chi connectivity index (χ2n) is 4.19. The molecule has 0 saturated carbocycles. The van der Waals surface area contributed by atoms with Crippen molar-refractivity contribution in [3.05, 3.63) is 46.3 Å². The van der Waals surface area contributed by atoms with E-state index in [1.54, 1.807) is 6.92 Å². The van der Waals surface area contributed by atoms with Gasteiger partial charge in [-0.05, 0) is 35.0 Å². The average molecular weight is 358 g/mol. The Balaban J connectivity index is 2.26. The molecule has 1 amide bonds. The molecule has 0 aliphatic carbocycles. The summed E-state index contributed by atoms with van der Waals surface area (Å²) >= 11 is 3.14. The van der Waals surface area contributed by atoms with E-state index < -0.39 is 23.5 Å². The number of carbonyl (C=O) groups excluding carboxylic acids is 1. The lowest BCUT2D eigenvalue weighted by molar-refractivity contribution is -0.119. The molecule has 0 spiro atoms. The summed E-state index contributed by atoms with van der Waals surface area (Å²) in [6.07, 6.45) is 1.22. The number of aromatic nitrogens is 2. The molecule has 1 aromatic carbocycles. The van der Waals surface area contributed by atoms with E-state index >= 15 is 0 Å². The molecular formula is C13H10BrF2N3O2. The van der Waals surface area contributed by atoms with Crippen molar-refractivity contribution in [3.8, 4) is 11.6 Å². The predicted octanol–water partition coefficient (Wildman–Crippen LogP) is 2.90. The number of hydrogen-bond donors (Lipinski definition) is 1. The maximum Gasteiger partial charge on any atom is 0.239 e. The van der Waals surface area contributed by atoms with Crippen molar-refractivity contribution in [1.29, 1.82) is 0 Å². The molecule has 0 aliphatic heterocycles. The summed E-state index contributed by atoms with van der Waals surface area (Å²) in [5.74, 6) is -2.95. The molecule has 21 heavy (non-hydrogen) atoms. The van der Waals surface area contributed by atoms with Crippen molar-refractivity contribution >= 4 is 21.8 Å². The van der Waals surface area contributed by atoms with Gasteiger partial charge in [-0.3, -0.25) is 9.78 Å².